The molecule has 1 atom stereocenters. The minimum atomic E-state index is 0.620. The third kappa shape index (κ3) is 3.15. The Morgan fingerprint density at radius 3 is 3.05 bits per heavy atom. The molecule has 1 unspecified atom stereocenters. The van der Waals surface area contributed by atoms with E-state index in [1.807, 2.05) is 0 Å². The summed E-state index contributed by atoms with van der Waals surface area (Å²) in [6.07, 6.45) is 5.25. The van der Waals surface area contributed by atoms with E-state index in [1.165, 1.54) is 42.5 Å². The first-order valence-corrected chi connectivity index (χ1v) is 8.03. The van der Waals surface area contributed by atoms with Gasteiger partial charge in [0.2, 0.25) is 0 Å². The van der Waals surface area contributed by atoms with E-state index >= 15 is 0 Å². The molecule has 0 radical (unpaired) electrons. The summed E-state index contributed by atoms with van der Waals surface area (Å²) < 4.78 is 0. The molecule has 3 nitrogen and oxygen atoms in total. The molecule has 1 aliphatic heterocycles. The molecule has 0 amide bonds. The Bertz CT molecular complexity index is 454. The second-order valence-electron chi connectivity index (χ2n) is 6.36. The number of hydrogen-bond acceptors (Lipinski definition) is 3. The Kier molecular flexibility index (Phi) is 4.27. The highest BCUT2D eigenvalue weighted by molar-refractivity contribution is 5.59. The van der Waals surface area contributed by atoms with E-state index in [-0.39, 0.29) is 0 Å². The summed E-state index contributed by atoms with van der Waals surface area (Å²) in [6, 6.07) is 8.17. The van der Waals surface area contributed by atoms with E-state index in [2.05, 4.69) is 47.7 Å². The van der Waals surface area contributed by atoms with Gasteiger partial charge in [0.15, 0.2) is 0 Å². The summed E-state index contributed by atoms with van der Waals surface area (Å²) in [6.45, 7) is 5.48. The summed E-state index contributed by atoms with van der Waals surface area (Å²) in [4.78, 5) is 2.52. The minimum absolute atomic E-state index is 0.620. The van der Waals surface area contributed by atoms with Gasteiger partial charge in [-0.05, 0) is 50.8 Å². The van der Waals surface area contributed by atoms with Crippen LogP contribution >= 0.6 is 0 Å². The van der Waals surface area contributed by atoms with Gasteiger partial charge in [0.1, 0.15) is 0 Å². The highest BCUT2D eigenvalue weighted by Crippen LogP contribution is 2.27. The van der Waals surface area contributed by atoms with Crippen molar-refractivity contribution < 1.29 is 0 Å². The zero-order valence-corrected chi connectivity index (χ0v) is 12.8. The molecule has 0 bridgehead atoms. The fourth-order valence-electron chi connectivity index (χ4n) is 3.13. The standard InChI is InChI=1S/C17H27N3/c1-13(20(2)16-8-9-16)11-18-12-15-6-3-5-14-7-4-10-19-17(14)15/h3,5-6,13,16,18-19H,4,7-12H2,1-2H3. The number of nitrogens with one attached hydrogen (secondary N) is 2. The predicted molar refractivity (Wildman–Crippen MR) is 85.2 cm³/mol. The molecule has 2 N–H and O–H groups in total. The van der Waals surface area contributed by atoms with Gasteiger partial charge in [-0.1, -0.05) is 18.2 Å². The maximum atomic E-state index is 3.63. The van der Waals surface area contributed by atoms with Crippen molar-refractivity contribution >= 4 is 5.69 Å². The van der Waals surface area contributed by atoms with Crippen molar-refractivity contribution in [2.24, 2.45) is 0 Å². The number of rotatable bonds is 6. The van der Waals surface area contributed by atoms with Crippen molar-refractivity contribution in [3.63, 3.8) is 0 Å². The minimum Gasteiger partial charge on any atom is -0.385 e. The van der Waals surface area contributed by atoms with Crippen molar-refractivity contribution in [3.05, 3.63) is 29.3 Å². The Balaban J connectivity index is 1.53. The third-order valence-corrected chi connectivity index (χ3v) is 4.74. The lowest BCUT2D eigenvalue weighted by atomic mass is 9.99. The largest absolute Gasteiger partial charge is 0.385 e. The van der Waals surface area contributed by atoms with Gasteiger partial charge in [0, 0.05) is 37.4 Å². The summed E-state index contributed by atoms with van der Waals surface area (Å²) >= 11 is 0. The lowest BCUT2D eigenvalue weighted by Crippen LogP contribution is -2.39. The van der Waals surface area contributed by atoms with Crippen LogP contribution in [0.5, 0.6) is 0 Å². The molecule has 0 saturated heterocycles. The lowest BCUT2D eigenvalue weighted by molar-refractivity contribution is 0.241. The number of likely N-dealkylation sites (N-methyl/N-ethyl adjacent to an activating group) is 1. The molecule has 0 spiro atoms. The molecule has 3 heteroatoms. The molecule has 1 saturated carbocycles. The number of benzene rings is 1. The molecule has 2 aliphatic rings. The zero-order valence-electron chi connectivity index (χ0n) is 12.8. The van der Waals surface area contributed by atoms with E-state index in [0.717, 1.165) is 25.7 Å². The molecular formula is C17H27N3. The Morgan fingerprint density at radius 2 is 2.25 bits per heavy atom. The van der Waals surface area contributed by atoms with E-state index in [4.69, 9.17) is 0 Å². The number of anilines is 1. The summed E-state index contributed by atoms with van der Waals surface area (Å²) in [5, 5.41) is 7.20. The fraction of sp³-hybridized carbons (Fsp3) is 0.647. The fourth-order valence-corrected chi connectivity index (χ4v) is 3.13. The average molecular weight is 273 g/mol. The molecule has 20 heavy (non-hydrogen) atoms. The van der Waals surface area contributed by atoms with Crippen molar-refractivity contribution in [1.29, 1.82) is 0 Å². The number of fused-ring (bicyclic) bond motifs is 1. The molecule has 110 valence electrons. The maximum absolute atomic E-state index is 3.63. The Labute approximate surface area is 122 Å². The second-order valence-corrected chi connectivity index (χ2v) is 6.36. The van der Waals surface area contributed by atoms with Crippen LogP contribution in [0.1, 0.15) is 37.3 Å². The van der Waals surface area contributed by atoms with Crippen molar-refractivity contribution in [2.45, 2.75) is 51.2 Å². The topological polar surface area (TPSA) is 27.3 Å². The molecular weight excluding hydrogens is 246 g/mol. The van der Waals surface area contributed by atoms with Gasteiger partial charge < -0.3 is 10.6 Å². The van der Waals surface area contributed by atoms with Crippen LogP contribution in [0, 0.1) is 0 Å². The number of hydrogen-bond donors (Lipinski definition) is 2. The van der Waals surface area contributed by atoms with Crippen LogP contribution in [0.2, 0.25) is 0 Å². The highest BCUT2D eigenvalue weighted by Gasteiger charge is 2.28. The van der Waals surface area contributed by atoms with Gasteiger partial charge in [-0.3, -0.25) is 4.90 Å². The number of nitrogens with zero attached hydrogens (tertiary/aromatic N) is 1. The quantitative estimate of drug-likeness (QED) is 0.834. The number of aryl methyl sites for hydroxylation is 1. The van der Waals surface area contributed by atoms with Gasteiger partial charge in [-0.15, -0.1) is 0 Å². The van der Waals surface area contributed by atoms with Gasteiger partial charge in [-0.2, -0.15) is 0 Å². The molecule has 1 aromatic rings. The summed E-state index contributed by atoms with van der Waals surface area (Å²) in [7, 11) is 2.26. The third-order valence-electron chi connectivity index (χ3n) is 4.74. The van der Waals surface area contributed by atoms with E-state index in [9.17, 15) is 0 Å². The Morgan fingerprint density at radius 1 is 1.40 bits per heavy atom. The van der Waals surface area contributed by atoms with E-state index in [1.54, 1.807) is 0 Å². The first-order chi connectivity index (χ1) is 9.75. The van der Waals surface area contributed by atoms with Crippen LogP contribution in [0.4, 0.5) is 5.69 Å². The Hall–Kier alpha value is -1.06. The number of para-hydroxylation sites is 1. The normalized spacial score (nSPS) is 19.6. The second kappa shape index (κ2) is 6.15. The zero-order chi connectivity index (χ0) is 13.9. The van der Waals surface area contributed by atoms with Crippen molar-refractivity contribution in [1.82, 2.24) is 10.2 Å². The molecule has 1 aliphatic carbocycles. The van der Waals surface area contributed by atoms with Crippen LogP contribution < -0.4 is 10.6 Å². The first-order valence-electron chi connectivity index (χ1n) is 8.03. The van der Waals surface area contributed by atoms with Crippen LogP contribution in [0.15, 0.2) is 18.2 Å². The van der Waals surface area contributed by atoms with Gasteiger partial charge >= 0.3 is 0 Å². The maximum Gasteiger partial charge on any atom is 0.0418 e. The molecule has 3 rings (SSSR count). The van der Waals surface area contributed by atoms with Crippen molar-refractivity contribution in [2.75, 3.05) is 25.5 Å². The molecule has 1 aromatic carbocycles. The summed E-state index contributed by atoms with van der Waals surface area (Å²) in [5.41, 5.74) is 4.29. The van der Waals surface area contributed by atoms with Gasteiger partial charge in [0.25, 0.3) is 0 Å². The van der Waals surface area contributed by atoms with Crippen LogP contribution in [-0.2, 0) is 13.0 Å². The van der Waals surface area contributed by atoms with Gasteiger partial charge in [-0.25, -0.2) is 0 Å². The van der Waals surface area contributed by atoms with E-state index in [0.29, 0.717) is 6.04 Å². The molecule has 1 heterocycles. The average Bonchev–Trinajstić information content (AvgIpc) is 3.31. The summed E-state index contributed by atoms with van der Waals surface area (Å²) in [5.74, 6) is 0. The lowest BCUT2D eigenvalue weighted by Gasteiger charge is -2.25. The van der Waals surface area contributed by atoms with Crippen LogP contribution in [0.3, 0.4) is 0 Å². The van der Waals surface area contributed by atoms with Gasteiger partial charge in [0.05, 0.1) is 0 Å². The predicted octanol–water partition coefficient (Wildman–Crippen LogP) is 2.62. The first kappa shape index (κ1) is 13.9. The SMILES string of the molecule is CC(CNCc1cccc2c1NCCC2)N(C)C1CC1. The van der Waals surface area contributed by atoms with Crippen LogP contribution in [-0.4, -0.2) is 37.1 Å². The highest BCUT2D eigenvalue weighted by atomic mass is 15.2. The molecule has 0 aromatic heterocycles. The van der Waals surface area contributed by atoms with E-state index < -0.39 is 0 Å². The molecule has 1 fully saturated rings. The smallest absolute Gasteiger partial charge is 0.0418 e. The van der Waals surface area contributed by atoms with Crippen molar-refractivity contribution in [3.8, 4) is 0 Å². The monoisotopic (exact) mass is 273 g/mol. The van der Waals surface area contributed by atoms with Crippen LogP contribution in [0.25, 0.3) is 0 Å².